The first kappa shape index (κ1) is 14.3. The molecule has 0 fully saturated rings. The Morgan fingerprint density at radius 3 is 2.27 bits per heavy atom. The largest absolute Gasteiger partial charge is 0.480 e. The molecule has 0 bridgehead atoms. The van der Waals surface area contributed by atoms with Gasteiger partial charge in [-0.25, -0.2) is 0 Å². The summed E-state index contributed by atoms with van der Waals surface area (Å²) in [6, 6.07) is 0. The maximum absolute atomic E-state index is 10.6. The van der Waals surface area contributed by atoms with Crippen LogP contribution < -0.4 is 5.73 Å². The number of hydrogen-bond donors (Lipinski definition) is 2. The summed E-state index contributed by atoms with van der Waals surface area (Å²) in [5, 5.41) is 8.71. The van der Waals surface area contributed by atoms with Crippen LogP contribution in [-0.4, -0.2) is 43.0 Å². The lowest BCUT2D eigenvalue weighted by Gasteiger charge is -2.18. The minimum Gasteiger partial charge on any atom is -0.480 e. The van der Waals surface area contributed by atoms with E-state index in [0.717, 1.165) is 13.0 Å². The van der Waals surface area contributed by atoms with Gasteiger partial charge in [-0.3, -0.25) is 4.79 Å². The molecule has 90 valence electrons. The highest BCUT2D eigenvalue weighted by Crippen LogP contribution is 2.05. The lowest BCUT2D eigenvalue weighted by Crippen LogP contribution is -2.45. The third kappa shape index (κ3) is 7.30. The number of nitrogens with two attached hydrogens (primary N) is 1. The molecule has 5 heteroatoms. The molecule has 1 unspecified atom stereocenters. The molecule has 0 aliphatic carbocycles. The molecule has 5 nitrogen and oxygen atoms in total. The minimum absolute atomic E-state index is 0.302. The number of carbonyl (C=O) groups is 1. The van der Waals surface area contributed by atoms with Gasteiger partial charge in [0.2, 0.25) is 0 Å². The van der Waals surface area contributed by atoms with Crippen molar-refractivity contribution in [3.8, 4) is 0 Å². The molecule has 0 amide bonds. The fraction of sp³-hybridized carbons (Fsp3) is 0.900. The molecule has 0 saturated heterocycles. The maximum atomic E-state index is 10.6. The van der Waals surface area contributed by atoms with Gasteiger partial charge in [0.15, 0.2) is 0 Å². The summed E-state index contributed by atoms with van der Waals surface area (Å²) in [7, 11) is 0. The molecule has 0 aliphatic rings. The zero-order valence-corrected chi connectivity index (χ0v) is 9.49. The van der Waals surface area contributed by atoms with E-state index >= 15 is 0 Å². The van der Waals surface area contributed by atoms with Gasteiger partial charge in [-0.1, -0.05) is 6.92 Å². The van der Waals surface area contributed by atoms with E-state index in [1.54, 1.807) is 0 Å². The Bertz CT molecular complexity index is 182. The van der Waals surface area contributed by atoms with Gasteiger partial charge < -0.3 is 20.3 Å². The number of rotatable bonds is 9. The molecule has 3 N–H and O–H groups in total. The molecule has 0 aliphatic heterocycles. The summed E-state index contributed by atoms with van der Waals surface area (Å²) in [6.45, 7) is 5.61. The summed E-state index contributed by atoms with van der Waals surface area (Å²) in [4.78, 5) is 10.6. The second kappa shape index (κ2) is 7.62. The summed E-state index contributed by atoms with van der Waals surface area (Å²) in [5.41, 5.74) is 4.31. The van der Waals surface area contributed by atoms with Crippen LogP contribution in [0.4, 0.5) is 0 Å². The van der Waals surface area contributed by atoms with Crippen LogP contribution in [0.3, 0.4) is 0 Å². The van der Waals surface area contributed by atoms with Crippen LogP contribution in [0.5, 0.6) is 0 Å². The van der Waals surface area contributed by atoms with E-state index in [4.69, 9.17) is 20.3 Å². The summed E-state index contributed by atoms with van der Waals surface area (Å²) in [6.07, 6.45) is 1.29. The monoisotopic (exact) mass is 219 g/mol. The first-order chi connectivity index (χ1) is 7.00. The topological polar surface area (TPSA) is 81.8 Å². The highest BCUT2D eigenvalue weighted by atomic mass is 16.5. The highest BCUT2D eigenvalue weighted by Gasteiger charge is 2.27. The van der Waals surface area contributed by atoms with Gasteiger partial charge in [-0.05, 0) is 19.8 Å². The highest BCUT2D eigenvalue weighted by molar-refractivity contribution is 5.77. The Kier molecular flexibility index (Phi) is 7.29. The van der Waals surface area contributed by atoms with Crippen LogP contribution in [0.15, 0.2) is 0 Å². The molecule has 0 aromatic carbocycles. The number of aliphatic carboxylic acids is 1. The van der Waals surface area contributed by atoms with Crippen molar-refractivity contribution in [1.82, 2.24) is 0 Å². The van der Waals surface area contributed by atoms with E-state index in [9.17, 15) is 4.79 Å². The van der Waals surface area contributed by atoms with Gasteiger partial charge in [0, 0.05) is 13.2 Å². The molecule has 0 radical (unpaired) electrons. The molecular weight excluding hydrogens is 198 g/mol. The first-order valence-electron chi connectivity index (χ1n) is 5.18. The van der Waals surface area contributed by atoms with E-state index in [1.165, 1.54) is 6.92 Å². The summed E-state index contributed by atoms with van der Waals surface area (Å²) >= 11 is 0. The molecule has 0 aromatic rings. The van der Waals surface area contributed by atoms with Crippen LogP contribution in [-0.2, 0) is 14.3 Å². The smallest absolute Gasteiger partial charge is 0.323 e. The Hall–Kier alpha value is -0.650. The predicted molar refractivity (Wildman–Crippen MR) is 56.8 cm³/mol. The van der Waals surface area contributed by atoms with Crippen molar-refractivity contribution < 1.29 is 19.4 Å². The van der Waals surface area contributed by atoms with Crippen molar-refractivity contribution >= 4 is 5.97 Å². The standard InChI is InChI=1S/C10H21NO4/c1-3-5-14-7-8-15-6-4-10(2,11)9(12)13/h3-8,11H2,1-2H3,(H,12,13). The van der Waals surface area contributed by atoms with Crippen LogP contribution in [0.2, 0.25) is 0 Å². The maximum Gasteiger partial charge on any atom is 0.323 e. The Morgan fingerprint density at radius 2 is 1.80 bits per heavy atom. The second-order valence-electron chi connectivity index (χ2n) is 3.70. The fourth-order valence-electron chi connectivity index (χ4n) is 0.857. The van der Waals surface area contributed by atoms with E-state index in [0.29, 0.717) is 26.2 Å². The average Bonchev–Trinajstić information content (AvgIpc) is 2.16. The van der Waals surface area contributed by atoms with Crippen molar-refractivity contribution in [2.45, 2.75) is 32.2 Å². The molecule has 15 heavy (non-hydrogen) atoms. The van der Waals surface area contributed by atoms with E-state index < -0.39 is 11.5 Å². The number of hydrogen-bond acceptors (Lipinski definition) is 4. The van der Waals surface area contributed by atoms with Gasteiger partial charge in [0.1, 0.15) is 5.54 Å². The molecular formula is C10H21NO4. The van der Waals surface area contributed by atoms with Crippen molar-refractivity contribution in [2.24, 2.45) is 5.73 Å². The number of carboxylic acid groups (broad SMARTS) is 1. The minimum atomic E-state index is -1.20. The Balaban J connectivity index is 3.35. The van der Waals surface area contributed by atoms with E-state index in [-0.39, 0.29) is 0 Å². The average molecular weight is 219 g/mol. The van der Waals surface area contributed by atoms with Gasteiger partial charge in [0.25, 0.3) is 0 Å². The molecule has 0 aromatic heterocycles. The third-order valence-corrected chi connectivity index (χ3v) is 1.97. The van der Waals surface area contributed by atoms with Gasteiger partial charge in [-0.2, -0.15) is 0 Å². The van der Waals surface area contributed by atoms with Crippen LogP contribution in [0, 0.1) is 0 Å². The quantitative estimate of drug-likeness (QED) is 0.556. The molecule has 0 saturated carbocycles. The molecule has 0 rings (SSSR count). The van der Waals surface area contributed by atoms with Crippen molar-refractivity contribution in [1.29, 1.82) is 0 Å². The second-order valence-corrected chi connectivity index (χ2v) is 3.70. The zero-order valence-electron chi connectivity index (χ0n) is 9.49. The van der Waals surface area contributed by atoms with Crippen LogP contribution in [0.25, 0.3) is 0 Å². The lowest BCUT2D eigenvalue weighted by atomic mass is 10.0. The van der Waals surface area contributed by atoms with Crippen molar-refractivity contribution in [3.05, 3.63) is 0 Å². The SMILES string of the molecule is CCCOCCOCCC(C)(N)C(=O)O. The Morgan fingerprint density at radius 1 is 1.27 bits per heavy atom. The van der Waals surface area contributed by atoms with Gasteiger partial charge in [-0.15, -0.1) is 0 Å². The lowest BCUT2D eigenvalue weighted by molar-refractivity contribution is -0.143. The fourth-order valence-corrected chi connectivity index (χ4v) is 0.857. The zero-order chi connectivity index (χ0) is 11.7. The Labute approximate surface area is 90.5 Å². The van der Waals surface area contributed by atoms with E-state index in [2.05, 4.69) is 0 Å². The summed E-state index contributed by atoms with van der Waals surface area (Å²) in [5.74, 6) is -1.01. The summed E-state index contributed by atoms with van der Waals surface area (Å²) < 4.78 is 10.4. The van der Waals surface area contributed by atoms with Gasteiger partial charge in [0.05, 0.1) is 13.2 Å². The van der Waals surface area contributed by atoms with Crippen LogP contribution in [0.1, 0.15) is 26.7 Å². The first-order valence-corrected chi connectivity index (χ1v) is 5.18. The van der Waals surface area contributed by atoms with Crippen LogP contribution >= 0.6 is 0 Å². The van der Waals surface area contributed by atoms with Crippen molar-refractivity contribution in [3.63, 3.8) is 0 Å². The predicted octanol–water partition coefficient (Wildman–Crippen LogP) is 0.622. The van der Waals surface area contributed by atoms with Gasteiger partial charge >= 0.3 is 5.97 Å². The third-order valence-electron chi connectivity index (χ3n) is 1.97. The number of ether oxygens (including phenoxy) is 2. The molecule has 1 atom stereocenters. The van der Waals surface area contributed by atoms with E-state index in [1.807, 2.05) is 6.92 Å². The van der Waals surface area contributed by atoms with Crippen molar-refractivity contribution in [2.75, 3.05) is 26.4 Å². The number of carboxylic acids is 1. The molecule has 0 spiro atoms. The molecule has 0 heterocycles. The normalized spacial score (nSPS) is 14.9.